The van der Waals surface area contributed by atoms with Crippen LogP contribution >= 0.6 is 0 Å². The van der Waals surface area contributed by atoms with Gasteiger partial charge >= 0.3 is 5.97 Å². The van der Waals surface area contributed by atoms with Gasteiger partial charge in [0, 0.05) is 31.6 Å². The van der Waals surface area contributed by atoms with Gasteiger partial charge < -0.3 is 9.64 Å². The number of carbonyl (C=O) groups excluding carboxylic acids is 2. The molecule has 0 atom stereocenters. The van der Waals surface area contributed by atoms with Gasteiger partial charge in [0.1, 0.15) is 0 Å². The van der Waals surface area contributed by atoms with Gasteiger partial charge in [0.25, 0.3) is 0 Å². The molecule has 0 spiro atoms. The molecule has 25 heavy (non-hydrogen) atoms. The first kappa shape index (κ1) is 17.2. The maximum Gasteiger partial charge on any atom is 0.358 e. The number of methoxy groups -OCH3 is 1. The third kappa shape index (κ3) is 3.57. The second-order valence-corrected chi connectivity index (χ2v) is 6.32. The van der Waals surface area contributed by atoms with Crippen LogP contribution in [0.25, 0.3) is 0 Å². The number of fused-ring (bicyclic) bond motifs is 1. The van der Waals surface area contributed by atoms with Crippen molar-refractivity contribution in [3.63, 3.8) is 0 Å². The summed E-state index contributed by atoms with van der Waals surface area (Å²) in [5.41, 5.74) is 4.24. The summed E-state index contributed by atoms with van der Waals surface area (Å²) in [5, 5.41) is 11.5. The number of amides is 1. The van der Waals surface area contributed by atoms with Crippen LogP contribution in [-0.2, 0) is 29.0 Å². The Morgan fingerprint density at radius 1 is 1.32 bits per heavy atom. The van der Waals surface area contributed by atoms with E-state index in [0.717, 1.165) is 29.1 Å². The van der Waals surface area contributed by atoms with Gasteiger partial charge in [0.2, 0.25) is 5.91 Å². The molecule has 0 unspecified atom stereocenters. The highest BCUT2D eigenvalue weighted by Crippen LogP contribution is 2.17. The van der Waals surface area contributed by atoms with E-state index in [-0.39, 0.29) is 11.6 Å². The largest absolute Gasteiger partial charge is 0.464 e. The summed E-state index contributed by atoms with van der Waals surface area (Å²) >= 11 is 0. The molecule has 1 aliphatic heterocycles. The number of hydrogen-bond donors (Lipinski definition) is 1. The molecule has 0 bridgehead atoms. The van der Waals surface area contributed by atoms with Crippen molar-refractivity contribution in [3.05, 3.63) is 34.4 Å². The van der Waals surface area contributed by atoms with Crippen molar-refractivity contribution in [2.75, 3.05) is 13.7 Å². The van der Waals surface area contributed by atoms with Crippen LogP contribution in [0.2, 0.25) is 0 Å². The van der Waals surface area contributed by atoms with Gasteiger partial charge in [-0.1, -0.05) is 0 Å². The average Bonchev–Trinajstić information content (AvgIpc) is 3.08. The van der Waals surface area contributed by atoms with Gasteiger partial charge in [0.05, 0.1) is 25.0 Å². The number of carbonyl (C=O) groups is 2. The Hall–Kier alpha value is -2.64. The van der Waals surface area contributed by atoms with Gasteiger partial charge in [0.15, 0.2) is 5.69 Å². The van der Waals surface area contributed by atoms with E-state index in [4.69, 9.17) is 4.74 Å². The number of aromatic nitrogens is 4. The first-order valence-electron chi connectivity index (χ1n) is 8.43. The van der Waals surface area contributed by atoms with Crippen LogP contribution in [0.4, 0.5) is 0 Å². The van der Waals surface area contributed by atoms with Crippen LogP contribution in [0, 0.1) is 13.8 Å². The molecule has 0 saturated carbocycles. The zero-order valence-electron chi connectivity index (χ0n) is 14.8. The predicted octanol–water partition coefficient (Wildman–Crippen LogP) is 1.37. The number of aryl methyl sites for hydroxylation is 3. The molecule has 1 aliphatic rings. The Kier molecular flexibility index (Phi) is 4.87. The van der Waals surface area contributed by atoms with E-state index in [1.807, 2.05) is 18.7 Å². The van der Waals surface area contributed by atoms with Gasteiger partial charge in [-0.15, -0.1) is 0 Å². The summed E-state index contributed by atoms with van der Waals surface area (Å²) in [4.78, 5) is 26.1. The summed E-state index contributed by atoms with van der Waals surface area (Å²) in [6.07, 6.45) is 1.85. The molecule has 134 valence electrons. The van der Waals surface area contributed by atoms with Crippen LogP contribution in [0.15, 0.2) is 6.07 Å². The van der Waals surface area contributed by atoms with Gasteiger partial charge in [-0.2, -0.15) is 10.2 Å². The summed E-state index contributed by atoms with van der Waals surface area (Å²) in [5.74, 6) is -0.364. The molecule has 0 aliphatic carbocycles. The standard InChI is InChI=1S/C17H23N5O3/c1-11-12(2)18-19-14(11)5-6-16(23)21-7-4-8-22-13(10-21)9-15(20-22)17(24)25-3/h9H,4-8,10H2,1-3H3,(H,18,19). The van der Waals surface area contributed by atoms with Crippen molar-refractivity contribution in [2.24, 2.45) is 0 Å². The highest BCUT2D eigenvalue weighted by Gasteiger charge is 2.22. The van der Waals surface area contributed by atoms with Crippen LogP contribution in [0.5, 0.6) is 0 Å². The van der Waals surface area contributed by atoms with Crippen LogP contribution in [0.3, 0.4) is 0 Å². The molecule has 0 fully saturated rings. The van der Waals surface area contributed by atoms with Crippen molar-refractivity contribution >= 4 is 11.9 Å². The molecule has 2 aromatic rings. The summed E-state index contributed by atoms with van der Waals surface area (Å²) < 4.78 is 6.51. The first-order valence-corrected chi connectivity index (χ1v) is 8.43. The Morgan fingerprint density at radius 3 is 2.80 bits per heavy atom. The lowest BCUT2D eigenvalue weighted by Crippen LogP contribution is -2.31. The molecule has 3 rings (SSSR count). The smallest absolute Gasteiger partial charge is 0.358 e. The van der Waals surface area contributed by atoms with Crippen molar-refractivity contribution in [2.45, 2.75) is 46.2 Å². The SMILES string of the molecule is COC(=O)c1cc2n(n1)CCCN(C(=O)CCc1n[nH]c(C)c1C)C2. The number of nitrogens with zero attached hydrogens (tertiary/aromatic N) is 4. The number of H-pyrrole nitrogens is 1. The zero-order chi connectivity index (χ0) is 18.0. The van der Waals surface area contributed by atoms with E-state index < -0.39 is 5.97 Å². The van der Waals surface area contributed by atoms with Gasteiger partial charge in [-0.05, 0) is 31.9 Å². The normalized spacial score (nSPS) is 14.1. The molecule has 0 aromatic carbocycles. The van der Waals surface area contributed by atoms with Crippen LogP contribution in [-0.4, -0.2) is 50.4 Å². The lowest BCUT2D eigenvalue weighted by Gasteiger charge is -2.19. The van der Waals surface area contributed by atoms with Crippen molar-refractivity contribution < 1.29 is 14.3 Å². The third-order valence-corrected chi connectivity index (χ3v) is 4.69. The Morgan fingerprint density at radius 2 is 2.12 bits per heavy atom. The molecule has 1 amide bonds. The maximum absolute atomic E-state index is 12.6. The van der Waals surface area contributed by atoms with Crippen molar-refractivity contribution in [1.29, 1.82) is 0 Å². The molecule has 8 nitrogen and oxygen atoms in total. The predicted molar refractivity (Wildman–Crippen MR) is 90.0 cm³/mol. The number of hydrogen-bond acceptors (Lipinski definition) is 5. The molecule has 0 radical (unpaired) electrons. The van der Waals surface area contributed by atoms with E-state index in [1.54, 1.807) is 10.7 Å². The minimum Gasteiger partial charge on any atom is -0.464 e. The number of rotatable bonds is 4. The number of nitrogens with one attached hydrogen (secondary N) is 1. The fourth-order valence-electron chi connectivity index (χ4n) is 3.04. The Bertz CT molecular complexity index is 792. The van der Waals surface area contributed by atoms with Crippen molar-refractivity contribution in [1.82, 2.24) is 24.9 Å². The molecule has 8 heteroatoms. The summed E-state index contributed by atoms with van der Waals surface area (Å²) in [6, 6.07) is 1.71. The third-order valence-electron chi connectivity index (χ3n) is 4.69. The fraction of sp³-hybridized carbons (Fsp3) is 0.529. The highest BCUT2D eigenvalue weighted by atomic mass is 16.5. The molecule has 1 N–H and O–H groups in total. The average molecular weight is 345 g/mol. The number of esters is 1. The maximum atomic E-state index is 12.6. The van der Waals surface area contributed by atoms with Gasteiger partial charge in [-0.3, -0.25) is 14.6 Å². The van der Waals surface area contributed by atoms with Crippen LogP contribution in [0.1, 0.15) is 46.0 Å². The summed E-state index contributed by atoms with van der Waals surface area (Å²) in [6.45, 7) is 5.82. The Labute approximate surface area is 146 Å². The second kappa shape index (κ2) is 7.08. The number of aromatic amines is 1. The topological polar surface area (TPSA) is 93.1 Å². The van der Waals surface area contributed by atoms with Crippen LogP contribution < -0.4 is 0 Å². The van der Waals surface area contributed by atoms with E-state index in [1.165, 1.54) is 7.11 Å². The molecular weight excluding hydrogens is 322 g/mol. The summed E-state index contributed by atoms with van der Waals surface area (Å²) in [7, 11) is 1.33. The minimum atomic E-state index is -0.456. The number of ether oxygens (including phenoxy) is 1. The fourth-order valence-corrected chi connectivity index (χ4v) is 3.04. The van der Waals surface area contributed by atoms with E-state index in [0.29, 0.717) is 32.5 Å². The lowest BCUT2D eigenvalue weighted by atomic mass is 10.1. The second-order valence-electron chi connectivity index (χ2n) is 6.32. The lowest BCUT2D eigenvalue weighted by molar-refractivity contribution is -0.131. The highest BCUT2D eigenvalue weighted by molar-refractivity contribution is 5.87. The monoisotopic (exact) mass is 345 g/mol. The first-order chi connectivity index (χ1) is 12.0. The molecule has 3 heterocycles. The van der Waals surface area contributed by atoms with Crippen molar-refractivity contribution in [3.8, 4) is 0 Å². The van der Waals surface area contributed by atoms with E-state index >= 15 is 0 Å². The molecule has 0 saturated heterocycles. The van der Waals surface area contributed by atoms with E-state index in [2.05, 4.69) is 15.3 Å². The van der Waals surface area contributed by atoms with E-state index in [9.17, 15) is 9.59 Å². The molecule has 2 aromatic heterocycles. The Balaban J connectivity index is 1.66. The van der Waals surface area contributed by atoms with Gasteiger partial charge in [-0.25, -0.2) is 4.79 Å². The minimum absolute atomic E-state index is 0.0920. The molecular formula is C17H23N5O3. The zero-order valence-corrected chi connectivity index (χ0v) is 14.8. The quantitative estimate of drug-likeness (QED) is 0.845.